The Morgan fingerprint density at radius 1 is 0.418 bits per heavy atom. The van der Waals surface area contributed by atoms with Gasteiger partial charge in [-0.15, -0.1) is 0 Å². The number of benzene rings is 11. The Morgan fingerprint density at radius 2 is 0.989 bits per heavy atom. The van der Waals surface area contributed by atoms with Crippen molar-refractivity contribution in [2.75, 3.05) is 9.80 Å². The highest BCUT2D eigenvalue weighted by atomic mass is 15.2. The molecule has 0 spiro atoms. The highest BCUT2D eigenvalue weighted by Gasteiger charge is 2.44. The van der Waals surface area contributed by atoms with E-state index in [-0.39, 0.29) is 5.41 Å². The molecular formula is C88H85N3. The number of aromatic nitrogens is 1. The maximum atomic E-state index is 2.69. The maximum Gasteiger partial charge on any atom is 0.0562 e. The Bertz CT molecular complexity index is 4710. The monoisotopic (exact) mass is 1180 g/mol. The molecule has 4 aliphatic carbocycles. The summed E-state index contributed by atoms with van der Waals surface area (Å²) in [5, 5.41) is 5.15. The third-order valence-electron chi connectivity index (χ3n) is 22.1. The predicted molar refractivity (Wildman–Crippen MR) is 387 cm³/mol. The van der Waals surface area contributed by atoms with Gasteiger partial charge in [0.2, 0.25) is 0 Å². The van der Waals surface area contributed by atoms with Crippen molar-refractivity contribution in [2.24, 2.45) is 0 Å². The Morgan fingerprint density at radius 3 is 1.70 bits per heavy atom. The predicted octanol–water partition coefficient (Wildman–Crippen LogP) is 25.0. The summed E-state index contributed by atoms with van der Waals surface area (Å²) in [7, 11) is 0. The molecule has 1 aromatic heterocycles. The Hall–Kier alpha value is -8.92. The summed E-state index contributed by atoms with van der Waals surface area (Å²) < 4.78 is 2.52. The molecule has 91 heavy (non-hydrogen) atoms. The molecule has 3 nitrogen and oxygen atoms in total. The molecule has 0 bridgehead atoms. The highest BCUT2D eigenvalue weighted by molar-refractivity contribution is 6.13. The lowest BCUT2D eigenvalue weighted by molar-refractivity contribution is 0.436. The molecule has 4 aliphatic rings. The molecule has 12 aromatic rings. The van der Waals surface area contributed by atoms with Crippen molar-refractivity contribution in [2.45, 2.75) is 154 Å². The van der Waals surface area contributed by atoms with Crippen LogP contribution in [-0.4, -0.2) is 4.57 Å². The first kappa shape index (κ1) is 57.3. The molecule has 0 aliphatic heterocycles. The van der Waals surface area contributed by atoms with Crippen LogP contribution in [0.15, 0.2) is 231 Å². The molecule has 452 valence electrons. The quantitative estimate of drug-likeness (QED) is 0.101. The van der Waals surface area contributed by atoms with E-state index in [1.54, 1.807) is 0 Å². The maximum absolute atomic E-state index is 2.69. The van der Waals surface area contributed by atoms with Gasteiger partial charge in [-0.3, -0.25) is 0 Å². The number of hydrogen-bond acceptors (Lipinski definition) is 2. The lowest BCUT2D eigenvalue weighted by Crippen LogP contribution is -2.26. The molecule has 2 saturated carbocycles. The molecule has 16 rings (SSSR count). The van der Waals surface area contributed by atoms with Crippen LogP contribution >= 0.6 is 0 Å². The van der Waals surface area contributed by atoms with E-state index in [2.05, 4.69) is 273 Å². The van der Waals surface area contributed by atoms with Crippen molar-refractivity contribution in [1.82, 2.24) is 4.57 Å². The largest absolute Gasteiger partial charge is 0.310 e. The Labute approximate surface area is 540 Å². The average molecular weight is 1180 g/mol. The van der Waals surface area contributed by atoms with Gasteiger partial charge in [-0.2, -0.15) is 0 Å². The fraction of sp³-hybridized carbons (Fsp3) is 0.273. The molecule has 0 radical (unpaired) electrons. The van der Waals surface area contributed by atoms with E-state index in [1.807, 2.05) is 0 Å². The SMILES string of the molecule is CCCC1(CCC)c2cc(N(c3cccc(C4CCCCC4)c3)c3ccc4c(c3)CC(Cc3ccccc3C)c3ccccc3-4)ccc2-c2c1cc(N(c1cccc(C3CCCCC3)c1)c1ccc3c4ccccc4n(-c4ccccc4C)c3c1)c1ccccc21. The minimum absolute atomic E-state index is 0.238. The summed E-state index contributed by atoms with van der Waals surface area (Å²) in [6.07, 6.45) is 19.2. The van der Waals surface area contributed by atoms with Gasteiger partial charge in [-0.05, 0) is 240 Å². The first-order valence-corrected chi connectivity index (χ1v) is 34.7. The third-order valence-corrected chi connectivity index (χ3v) is 22.1. The normalized spacial score (nSPS) is 16.2. The zero-order valence-electron chi connectivity index (χ0n) is 53.8. The van der Waals surface area contributed by atoms with Gasteiger partial charge in [0.25, 0.3) is 0 Å². The molecule has 3 heteroatoms. The van der Waals surface area contributed by atoms with Gasteiger partial charge < -0.3 is 14.4 Å². The Balaban J connectivity index is 0.892. The van der Waals surface area contributed by atoms with Gasteiger partial charge >= 0.3 is 0 Å². The van der Waals surface area contributed by atoms with E-state index in [9.17, 15) is 0 Å². The van der Waals surface area contributed by atoms with Crippen molar-refractivity contribution in [3.63, 3.8) is 0 Å². The zero-order valence-corrected chi connectivity index (χ0v) is 53.8. The summed E-state index contributed by atoms with van der Waals surface area (Å²) in [6, 6.07) is 90.2. The minimum Gasteiger partial charge on any atom is -0.310 e. The van der Waals surface area contributed by atoms with Gasteiger partial charge in [-0.1, -0.05) is 217 Å². The lowest BCUT2D eigenvalue weighted by Gasteiger charge is -2.35. The van der Waals surface area contributed by atoms with Gasteiger partial charge in [0.15, 0.2) is 0 Å². The molecule has 11 aromatic carbocycles. The first-order chi connectivity index (χ1) is 44.8. The van der Waals surface area contributed by atoms with Crippen LogP contribution in [0.1, 0.15) is 172 Å². The van der Waals surface area contributed by atoms with Gasteiger partial charge in [0, 0.05) is 55.7 Å². The van der Waals surface area contributed by atoms with Gasteiger partial charge in [0.1, 0.15) is 0 Å². The van der Waals surface area contributed by atoms with Gasteiger partial charge in [0.05, 0.1) is 16.7 Å². The number of aryl methyl sites for hydroxylation is 2. The van der Waals surface area contributed by atoms with Crippen molar-refractivity contribution < 1.29 is 0 Å². The van der Waals surface area contributed by atoms with Gasteiger partial charge in [-0.25, -0.2) is 0 Å². The second-order valence-electron chi connectivity index (χ2n) is 27.5. The molecule has 0 saturated heterocycles. The van der Waals surface area contributed by atoms with E-state index < -0.39 is 0 Å². The minimum atomic E-state index is -0.238. The summed E-state index contributed by atoms with van der Waals surface area (Å²) in [5.41, 5.74) is 29.2. The fourth-order valence-corrected chi connectivity index (χ4v) is 17.8. The molecule has 1 unspecified atom stereocenters. The van der Waals surface area contributed by atoms with Crippen LogP contribution in [0.2, 0.25) is 0 Å². The number of nitrogens with zero attached hydrogens (tertiary/aromatic N) is 3. The van der Waals surface area contributed by atoms with Crippen LogP contribution in [0.25, 0.3) is 60.5 Å². The number of anilines is 6. The number of fused-ring (bicyclic) bond motifs is 11. The standard InChI is InChI=1S/C88H85N3/c1-5-49-88(50-6-2)81-56-71(89(68-34-23-32-64(53-68)61-27-9-7-10-28-61)70-43-46-74-67(55-70)52-66(73-36-16-17-37-75(73)74)51-63-31-15-13-25-59(63)3)45-48-80(81)87-79-40-19-18-39-77(79)86(58-82(87)88)90(69-35-24-33-65(54-69)62-29-11-8-12-30-62)72-44-47-78-76-38-20-22-42-84(76)91(85(78)57-72)83-41-21-14-26-60(83)4/h13-26,31-48,53-58,61-62,66H,5-12,27-30,49-52H2,1-4H3. The fourth-order valence-electron chi connectivity index (χ4n) is 17.8. The van der Waals surface area contributed by atoms with E-state index in [4.69, 9.17) is 0 Å². The lowest BCUT2D eigenvalue weighted by atomic mass is 9.71. The van der Waals surface area contributed by atoms with Crippen LogP contribution in [0, 0.1) is 13.8 Å². The summed E-state index contributed by atoms with van der Waals surface area (Å²) in [4.78, 5) is 5.30. The van der Waals surface area contributed by atoms with Crippen molar-refractivity contribution in [3.8, 4) is 27.9 Å². The second kappa shape index (κ2) is 24.0. The van der Waals surface area contributed by atoms with E-state index in [1.165, 1.54) is 209 Å². The van der Waals surface area contributed by atoms with Crippen LogP contribution in [0.3, 0.4) is 0 Å². The smallest absolute Gasteiger partial charge is 0.0562 e. The topological polar surface area (TPSA) is 11.4 Å². The second-order valence-corrected chi connectivity index (χ2v) is 27.5. The van der Waals surface area contributed by atoms with E-state index in [0.717, 1.165) is 38.5 Å². The average Bonchev–Trinajstić information content (AvgIpc) is 1.57. The van der Waals surface area contributed by atoms with Crippen LogP contribution in [0.5, 0.6) is 0 Å². The molecular weight excluding hydrogens is 1100 g/mol. The van der Waals surface area contributed by atoms with Crippen molar-refractivity contribution in [3.05, 3.63) is 281 Å². The van der Waals surface area contributed by atoms with Crippen LogP contribution in [0.4, 0.5) is 34.1 Å². The highest BCUT2D eigenvalue weighted by Crippen LogP contribution is 2.60. The molecule has 2 fully saturated rings. The summed E-state index contributed by atoms with van der Waals surface area (Å²) >= 11 is 0. The van der Waals surface area contributed by atoms with E-state index >= 15 is 0 Å². The molecule has 1 heterocycles. The molecule has 1 atom stereocenters. The number of hydrogen-bond donors (Lipinski definition) is 0. The van der Waals surface area contributed by atoms with Crippen molar-refractivity contribution in [1.29, 1.82) is 0 Å². The first-order valence-electron chi connectivity index (χ1n) is 34.7. The summed E-state index contributed by atoms with van der Waals surface area (Å²) in [5.74, 6) is 1.54. The molecule has 0 N–H and O–H groups in total. The summed E-state index contributed by atoms with van der Waals surface area (Å²) in [6.45, 7) is 9.38. The molecule has 0 amide bonds. The zero-order chi connectivity index (χ0) is 61.2. The number of para-hydroxylation sites is 2. The Kier molecular flexibility index (Phi) is 15.1. The number of rotatable bonds is 15. The van der Waals surface area contributed by atoms with Crippen LogP contribution < -0.4 is 9.80 Å². The van der Waals surface area contributed by atoms with Crippen LogP contribution in [-0.2, 0) is 18.3 Å². The van der Waals surface area contributed by atoms with Crippen molar-refractivity contribution >= 4 is 66.7 Å². The third kappa shape index (κ3) is 10.0. The van der Waals surface area contributed by atoms with E-state index in [0.29, 0.717) is 17.8 Å².